The van der Waals surface area contributed by atoms with Gasteiger partial charge in [-0.1, -0.05) is 43.0 Å². The van der Waals surface area contributed by atoms with E-state index in [1.807, 2.05) is 24.3 Å². The number of ether oxygens (including phenoxy) is 3. The monoisotopic (exact) mass is 479 g/mol. The van der Waals surface area contributed by atoms with E-state index in [-0.39, 0.29) is 25.0 Å². The number of amides is 1. The summed E-state index contributed by atoms with van der Waals surface area (Å²) in [6.45, 7) is 4.41. The van der Waals surface area contributed by atoms with Crippen LogP contribution in [0.4, 0.5) is 5.69 Å². The Labute approximate surface area is 199 Å². The Kier molecular flexibility index (Phi) is 6.88. The summed E-state index contributed by atoms with van der Waals surface area (Å²) >= 11 is 0. The number of hydrogen-bond donors (Lipinski definition) is 0. The molecular weight excluding hydrogens is 454 g/mol. The first-order chi connectivity index (χ1) is 16.3. The van der Waals surface area contributed by atoms with Crippen LogP contribution in [0.2, 0.25) is 0 Å². The highest BCUT2D eigenvalue weighted by Gasteiger charge is 2.23. The third-order valence-electron chi connectivity index (χ3n) is 5.20. The van der Waals surface area contributed by atoms with E-state index in [1.54, 1.807) is 53.4 Å². The van der Waals surface area contributed by atoms with Crippen LogP contribution in [-0.4, -0.2) is 34.0 Å². The molecule has 0 atom stereocenters. The highest BCUT2D eigenvalue weighted by atomic mass is 32.2. The van der Waals surface area contributed by atoms with E-state index in [9.17, 15) is 13.2 Å². The fourth-order valence-electron chi connectivity index (χ4n) is 3.63. The summed E-state index contributed by atoms with van der Waals surface area (Å²) in [5.74, 6) is 1.51. The van der Waals surface area contributed by atoms with E-state index in [2.05, 4.69) is 6.58 Å². The van der Waals surface area contributed by atoms with Crippen LogP contribution in [-0.2, 0) is 22.1 Å². The number of sulfone groups is 1. The first-order valence-corrected chi connectivity index (χ1v) is 12.7. The van der Waals surface area contributed by atoms with E-state index in [0.29, 0.717) is 40.7 Å². The van der Waals surface area contributed by atoms with Crippen LogP contribution < -0.4 is 19.1 Å². The number of para-hydroxylation sites is 1. The molecule has 1 amide bonds. The summed E-state index contributed by atoms with van der Waals surface area (Å²) in [6, 6.07) is 19.5. The zero-order valence-electron chi connectivity index (χ0n) is 18.8. The molecule has 0 aromatic heterocycles. The number of anilines is 1. The standard InChI is InChI=1S/C26H25NO6S/c1-3-14-31-23-7-5-4-6-21(23)16-27(22-12-13-24-25(15-22)33-18-32-24)26(28)20-10-8-19(9-11-20)17-34(2,29)30/h3-13,15H,1,14,16-18H2,2H3. The Morgan fingerprint density at radius 2 is 1.79 bits per heavy atom. The summed E-state index contributed by atoms with van der Waals surface area (Å²) in [5, 5.41) is 0. The first kappa shape index (κ1) is 23.4. The molecule has 4 rings (SSSR count). The average molecular weight is 480 g/mol. The van der Waals surface area contributed by atoms with Gasteiger partial charge in [0.25, 0.3) is 5.91 Å². The minimum absolute atomic E-state index is 0.0820. The minimum Gasteiger partial charge on any atom is -0.489 e. The maximum absolute atomic E-state index is 13.7. The molecule has 0 fully saturated rings. The van der Waals surface area contributed by atoms with Gasteiger partial charge in [-0.25, -0.2) is 8.42 Å². The van der Waals surface area contributed by atoms with E-state index < -0.39 is 9.84 Å². The van der Waals surface area contributed by atoms with Gasteiger partial charge in [0.15, 0.2) is 21.3 Å². The van der Waals surface area contributed by atoms with Crippen LogP contribution in [0.1, 0.15) is 21.5 Å². The maximum atomic E-state index is 13.7. The second-order valence-corrected chi connectivity index (χ2v) is 10.0. The Bertz CT molecular complexity index is 1300. The molecule has 0 radical (unpaired) electrons. The summed E-state index contributed by atoms with van der Waals surface area (Å²) in [6.07, 6.45) is 2.84. The largest absolute Gasteiger partial charge is 0.489 e. The SMILES string of the molecule is C=CCOc1ccccc1CN(C(=O)c1ccc(CS(C)(=O)=O)cc1)c1ccc2c(c1)OCO2. The molecule has 8 heteroatoms. The molecule has 34 heavy (non-hydrogen) atoms. The number of fused-ring (bicyclic) bond motifs is 1. The molecule has 0 aliphatic carbocycles. The first-order valence-electron chi connectivity index (χ1n) is 10.6. The highest BCUT2D eigenvalue weighted by molar-refractivity contribution is 7.89. The molecule has 7 nitrogen and oxygen atoms in total. The van der Waals surface area contributed by atoms with Gasteiger partial charge in [-0.3, -0.25) is 4.79 Å². The lowest BCUT2D eigenvalue weighted by molar-refractivity contribution is 0.0985. The van der Waals surface area contributed by atoms with Crippen molar-refractivity contribution >= 4 is 21.4 Å². The molecule has 0 spiro atoms. The average Bonchev–Trinajstić information content (AvgIpc) is 3.29. The van der Waals surface area contributed by atoms with Crippen molar-refractivity contribution < 1.29 is 27.4 Å². The number of hydrogen-bond acceptors (Lipinski definition) is 6. The second kappa shape index (κ2) is 10.0. The van der Waals surface area contributed by atoms with Gasteiger partial charge >= 0.3 is 0 Å². The van der Waals surface area contributed by atoms with Gasteiger partial charge in [-0.15, -0.1) is 0 Å². The number of carbonyl (C=O) groups is 1. The van der Waals surface area contributed by atoms with Crippen molar-refractivity contribution in [2.24, 2.45) is 0 Å². The van der Waals surface area contributed by atoms with Crippen molar-refractivity contribution in [1.82, 2.24) is 0 Å². The van der Waals surface area contributed by atoms with Crippen molar-refractivity contribution in [3.8, 4) is 17.2 Å². The normalized spacial score (nSPS) is 12.3. The van der Waals surface area contributed by atoms with Gasteiger partial charge < -0.3 is 19.1 Å². The summed E-state index contributed by atoms with van der Waals surface area (Å²) in [7, 11) is -3.17. The van der Waals surface area contributed by atoms with Crippen LogP contribution in [0.5, 0.6) is 17.2 Å². The summed E-state index contributed by atoms with van der Waals surface area (Å²) in [4.78, 5) is 15.3. The van der Waals surface area contributed by atoms with Crippen molar-refractivity contribution in [3.05, 3.63) is 96.1 Å². The number of carbonyl (C=O) groups excluding carboxylic acids is 1. The van der Waals surface area contributed by atoms with E-state index in [0.717, 1.165) is 5.56 Å². The lowest BCUT2D eigenvalue weighted by Crippen LogP contribution is -2.30. The van der Waals surface area contributed by atoms with E-state index in [1.165, 1.54) is 6.26 Å². The van der Waals surface area contributed by atoms with E-state index >= 15 is 0 Å². The molecule has 176 valence electrons. The molecule has 3 aromatic carbocycles. The molecule has 0 bridgehead atoms. The topological polar surface area (TPSA) is 82.1 Å². The number of rotatable bonds is 9. The van der Waals surface area contributed by atoms with Gasteiger partial charge in [-0.05, 0) is 35.9 Å². The molecule has 0 unspecified atom stereocenters. The Hall–Kier alpha value is -3.78. The Morgan fingerprint density at radius 3 is 2.53 bits per heavy atom. The zero-order valence-corrected chi connectivity index (χ0v) is 19.6. The number of benzene rings is 3. The molecule has 0 saturated carbocycles. The molecule has 1 heterocycles. The van der Waals surface area contributed by atoms with Gasteiger partial charge in [-0.2, -0.15) is 0 Å². The molecule has 0 N–H and O–H groups in total. The second-order valence-electron chi connectivity index (χ2n) is 7.90. The maximum Gasteiger partial charge on any atom is 0.258 e. The molecular formula is C26H25NO6S. The molecule has 1 aliphatic rings. The minimum atomic E-state index is -3.17. The lowest BCUT2D eigenvalue weighted by Gasteiger charge is -2.24. The number of nitrogens with zero attached hydrogens (tertiary/aromatic N) is 1. The van der Waals surface area contributed by atoms with Gasteiger partial charge in [0.05, 0.1) is 12.3 Å². The van der Waals surface area contributed by atoms with Crippen molar-refractivity contribution in [1.29, 1.82) is 0 Å². The van der Waals surface area contributed by atoms with Gasteiger partial charge in [0.2, 0.25) is 6.79 Å². The predicted molar refractivity (Wildman–Crippen MR) is 130 cm³/mol. The summed E-state index contributed by atoms with van der Waals surface area (Å²) in [5.41, 5.74) is 2.51. The summed E-state index contributed by atoms with van der Waals surface area (Å²) < 4.78 is 39.9. The van der Waals surface area contributed by atoms with Crippen molar-refractivity contribution in [3.63, 3.8) is 0 Å². The Morgan fingerprint density at radius 1 is 1.06 bits per heavy atom. The quantitative estimate of drug-likeness (QED) is 0.424. The van der Waals surface area contributed by atoms with Gasteiger partial charge in [0, 0.05) is 29.1 Å². The molecule has 1 aliphatic heterocycles. The smallest absolute Gasteiger partial charge is 0.258 e. The fraction of sp³-hybridized carbons (Fsp3) is 0.192. The molecule has 3 aromatic rings. The van der Waals surface area contributed by atoms with Crippen LogP contribution in [0.25, 0.3) is 0 Å². The van der Waals surface area contributed by atoms with E-state index in [4.69, 9.17) is 14.2 Å². The van der Waals surface area contributed by atoms with Crippen LogP contribution in [0.3, 0.4) is 0 Å². The fourth-order valence-corrected chi connectivity index (χ4v) is 4.43. The predicted octanol–water partition coefficient (Wildman–Crippen LogP) is 4.37. The zero-order chi connectivity index (χ0) is 24.1. The third kappa shape index (κ3) is 5.58. The van der Waals surface area contributed by atoms with Crippen molar-refractivity contribution in [2.45, 2.75) is 12.3 Å². The Balaban J connectivity index is 1.68. The third-order valence-corrected chi connectivity index (χ3v) is 6.06. The van der Waals surface area contributed by atoms with Crippen molar-refractivity contribution in [2.75, 3.05) is 24.6 Å². The van der Waals surface area contributed by atoms with Crippen LogP contribution in [0.15, 0.2) is 79.4 Å². The highest BCUT2D eigenvalue weighted by Crippen LogP contribution is 2.36. The lowest BCUT2D eigenvalue weighted by atomic mass is 10.1. The molecule has 0 saturated heterocycles. The van der Waals surface area contributed by atoms with Crippen LogP contribution in [0, 0.1) is 0 Å². The van der Waals surface area contributed by atoms with Crippen LogP contribution >= 0.6 is 0 Å². The van der Waals surface area contributed by atoms with Gasteiger partial charge in [0.1, 0.15) is 12.4 Å².